The van der Waals surface area contributed by atoms with Crippen LogP contribution in [0.15, 0.2) is 22.8 Å². The molecule has 1 rings (SSSR count). The second-order valence-electron chi connectivity index (χ2n) is 3.36. The van der Waals surface area contributed by atoms with Gasteiger partial charge in [-0.2, -0.15) is 0 Å². The van der Waals surface area contributed by atoms with Crippen molar-refractivity contribution in [3.8, 4) is 0 Å². The van der Waals surface area contributed by atoms with E-state index in [0.29, 0.717) is 12.2 Å². The van der Waals surface area contributed by atoms with Crippen LogP contribution < -0.4 is 5.73 Å². The van der Waals surface area contributed by atoms with E-state index < -0.39 is 0 Å². The topological polar surface area (TPSA) is 59.2 Å². The van der Waals surface area contributed by atoms with Crippen LogP contribution >= 0.6 is 15.9 Å². The molecule has 1 unspecified atom stereocenters. The zero-order valence-electron chi connectivity index (χ0n) is 8.77. The Bertz CT molecular complexity index is 339. The summed E-state index contributed by atoms with van der Waals surface area (Å²) in [5.74, 6) is -0.111. The van der Waals surface area contributed by atoms with Crippen molar-refractivity contribution >= 4 is 21.8 Å². The molecule has 15 heavy (non-hydrogen) atoms. The Morgan fingerprint density at radius 2 is 2.33 bits per heavy atom. The highest BCUT2D eigenvalue weighted by molar-refractivity contribution is 9.10. The molecule has 82 valence electrons. The van der Waals surface area contributed by atoms with Gasteiger partial charge in [0.15, 0.2) is 0 Å². The first-order chi connectivity index (χ1) is 7.06. The third-order valence-electron chi connectivity index (χ3n) is 2.27. The van der Waals surface area contributed by atoms with Crippen LogP contribution in [0.5, 0.6) is 0 Å². The fourth-order valence-corrected chi connectivity index (χ4v) is 1.28. The molecule has 1 aromatic heterocycles. The van der Waals surface area contributed by atoms with Crippen LogP contribution in [0.3, 0.4) is 0 Å². The Kier molecular flexibility index (Phi) is 4.23. The Morgan fingerprint density at radius 1 is 1.67 bits per heavy atom. The summed E-state index contributed by atoms with van der Waals surface area (Å²) in [5.41, 5.74) is 5.92. The first-order valence-electron chi connectivity index (χ1n) is 4.65. The van der Waals surface area contributed by atoms with Crippen LogP contribution in [0.4, 0.5) is 0 Å². The average molecular weight is 272 g/mol. The van der Waals surface area contributed by atoms with Crippen molar-refractivity contribution in [2.45, 2.75) is 13.0 Å². The number of halogens is 1. The Hall–Kier alpha value is -0.940. The Morgan fingerprint density at radius 3 is 2.80 bits per heavy atom. The molecular formula is C10H14BrN3O. The predicted octanol–water partition coefficient (Wildman–Crippen LogP) is 1.26. The van der Waals surface area contributed by atoms with E-state index in [0.717, 1.165) is 4.47 Å². The van der Waals surface area contributed by atoms with Crippen molar-refractivity contribution in [1.82, 2.24) is 9.88 Å². The van der Waals surface area contributed by atoms with Gasteiger partial charge >= 0.3 is 0 Å². The average Bonchev–Trinajstić information content (AvgIpc) is 2.27. The number of likely N-dealkylation sites (N-methyl/N-ethyl adjacent to an activating group) is 1. The molecule has 0 aliphatic carbocycles. The van der Waals surface area contributed by atoms with Crippen molar-refractivity contribution in [3.05, 3.63) is 28.5 Å². The number of aromatic nitrogens is 1. The highest BCUT2D eigenvalue weighted by atomic mass is 79.9. The lowest BCUT2D eigenvalue weighted by Crippen LogP contribution is -2.40. The molecule has 1 aromatic rings. The maximum Gasteiger partial charge on any atom is 0.272 e. The van der Waals surface area contributed by atoms with E-state index >= 15 is 0 Å². The lowest BCUT2D eigenvalue weighted by molar-refractivity contribution is 0.0742. The molecule has 0 saturated carbocycles. The smallest absolute Gasteiger partial charge is 0.272 e. The summed E-state index contributed by atoms with van der Waals surface area (Å²) in [4.78, 5) is 17.5. The third-order valence-corrected chi connectivity index (χ3v) is 2.74. The molecule has 0 spiro atoms. The van der Waals surface area contributed by atoms with Crippen LogP contribution in [0.25, 0.3) is 0 Å². The first-order valence-corrected chi connectivity index (χ1v) is 5.44. The normalized spacial score (nSPS) is 12.3. The summed E-state index contributed by atoms with van der Waals surface area (Å²) in [5, 5.41) is 0. The minimum absolute atomic E-state index is 0.0166. The van der Waals surface area contributed by atoms with Crippen molar-refractivity contribution in [1.29, 1.82) is 0 Å². The van der Waals surface area contributed by atoms with Crippen LogP contribution in [0, 0.1) is 0 Å². The predicted molar refractivity (Wildman–Crippen MR) is 62.5 cm³/mol. The highest BCUT2D eigenvalue weighted by Gasteiger charge is 2.16. The Labute approximate surface area is 97.6 Å². The summed E-state index contributed by atoms with van der Waals surface area (Å²) >= 11 is 3.27. The number of nitrogens with zero attached hydrogens (tertiary/aromatic N) is 2. The van der Waals surface area contributed by atoms with Gasteiger partial charge in [0.05, 0.1) is 0 Å². The van der Waals surface area contributed by atoms with Crippen LogP contribution in [-0.4, -0.2) is 35.4 Å². The number of rotatable bonds is 3. The number of carbonyl (C=O) groups excluding carboxylic acids is 1. The van der Waals surface area contributed by atoms with Gasteiger partial charge in [0.2, 0.25) is 0 Å². The number of pyridine rings is 1. The summed E-state index contributed by atoms with van der Waals surface area (Å²) in [6.45, 7) is 2.34. The summed E-state index contributed by atoms with van der Waals surface area (Å²) in [7, 11) is 1.73. The van der Waals surface area contributed by atoms with E-state index in [1.54, 1.807) is 30.3 Å². The van der Waals surface area contributed by atoms with Crippen LogP contribution in [-0.2, 0) is 0 Å². The fraction of sp³-hybridized carbons (Fsp3) is 0.400. The number of carbonyl (C=O) groups is 1. The Balaban J connectivity index is 2.80. The van der Waals surface area contributed by atoms with Gasteiger partial charge in [-0.1, -0.05) is 0 Å². The van der Waals surface area contributed by atoms with E-state index in [1.165, 1.54) is 0 Å². The number of nitrogens with two attached hydrogens (primary N) is 1. The van der Waals surface area contributed by atoms with E-state index in [4.69, 9.17) is 5.73 Å². The lowest BCUT2D eigenvalue weighted by atomic mass is 10.2. The highest BCUT2D eigenvalue weighted by Crippen LogP contribution is 2.09. The minimum atomic E-state index is -0.111. The third kappa shape index (κ3) is 3.00. The molecule has 0 aromatic carbocycles. The summed E-state index contributed by atoms with van der Waals surface area (Å²) in [6.07, 6.45) is 1.61. The van der Waals surface area contributed by atoms with Gasteiger partial charge in [0.1, 0.15) is 5.69 Å². The van der Waals surface area contributed by atoms with Gasteiger partial charge in [-0.05, 0) is 35.0 Å². The van der Waals surface area contributed by atoms with Crippen molar-refractivity contribution in [3.63, 3.8) is 0 Å². The molecule has 0 bridgehead atoms. The second kappa shape index (κ2) is 5.23. The summed E-state index contributed by atoms with van der Waals surface area (Å²) < 4.78 is 0.855. The second-order valence-corrected chi connectivity index (χ2v) is 4.28. The number of amides is 1. The van der Waals surface area contributed by atoms with Crippen LogP contribution in [0.2, 0.25) is 0 Å². The SMILES string of the molecule is CC(CN)N(C)C(=O)c1ccc(Br)cn1. The molecule has 1 amide bonds. The largest absolute Gasteiger partial charge is 0.336 e. The fourth-order valence-electron chi connectivity index (χ4n) is 1.04. The van der Waals surface area contributed by atoms with E-state index in [9.17, 15) is 4.79 Å². The number of hydrogen-bond donors (Lipinski definition) is 1. The van der Waals surface area contributed by atoms with E-state index in [2.05, 4.69) is 20.9 Å². The molecule has 0 aliphatic rings. The molecule has 0 saturated heterocycles. The van der Waals surface area contributed by atoms with Gasteiger partial charge in [-0.25, -0.2) is 4.98 Å². The van der Waals surface area contributed by atoms with Crippen molar-refractivity contribution < 1.29 is 4.79 Å². The van der Waals surface area contributed by atoms with Gasteiger partial charge in [-0.15, -0.1) is 0 Å². The summed E-state index contributed by atoms with van der Waals surface area (Å²) in [6, 6.07) is 3.50. The van der Waals surface area contributed by atoms with Gasteiger partial charge in [0, 0.05) is 30.3 Å². The minimum Gasteiger partial charge on any atom is -0.336 e. The molecule has 1 atom stereocenters. The molecule has 0 aliphatic heterocycles. The zero-order chi connectivity index (χ0) is 11.4. The lowest BCUT2D eigenvalue weighted by Gasteiger charge is -2.23. The zero-order valence-corrected chi connectivity index (χ0v) is 10.4. The molecule has 5 heteroatoms. The first kappa shape index (κ1) is 12.1. The maximum absolute atomic E-state index is 11.8. The van der Waals surface area contributed by atoms with Gasteiger partial charge in [0.25, 0.3) is 5.91 Å². The monoisotopic (exact) mass is 271 g/mol. The molecule has 0 fully saturated rings. The molecule has 1 heterocycles. The van der Waals surface area contributed by atoms with Gasteiger partial charge < -0.3 is 10.6 Å². The van der Waals surface area contributed by atoms with Crippen molar-refractivity contribution in [2.24, 2.45) is 5.73 Å². The standard InChI is InChI=1S/C10H14BrN3O/c1-7(5-12)14(2)10(15)9-4-3-8(11)6-13-9/h3-4,6-7H,5,12H2,1-2H3. The van der Waals surface area contributed by atoms with Crippen molar-refractivity contribution in [2.75, 3.05) is 13.6 Å². The van der Waals surface area contributed by atoms with Crippen LogP contribution in [0.1, 0.15) is 17.4 Å². The van der Waals surface area contributed by atoms with Gasteiger partial charge in [-0.3, -0.25) is 4.79 Å². The van der Waals surface area contributed by atoms with E-state index in [1.807, 2.05) is 6.92 Å². The quantitative estimate of drug-likeness (QED) is 0.901. The van der Waals surface area contributed by atoms with E-state index in [-0.39, 0.29) is 11.9 Å². The molecule has 2 N–H and O–H groups in total. The molecular weight excluding hydrogens is 258 g/mol. The molecule has 0 radical (unpaired) electrons. The molecule has 4 nitrogen and oxygen atoms in total. The number of hydrogen-bond acceptors (Lipinski definition) is 3. The maximum atomic E-state index is 11.8.